The Morgan fingerprint density at radius 3 is 2.65 bits per heavy atom. The van der Waals surface area contributed by atoms with E-state index < -0.39 is 5.97 Å². The van der Waals surface area contributed by atoms with Gasteiger partial charge >= 0.3 is 5.97 Å². The van der Waals surface area contributed by atoms with E-state index in [-0.39, 0.29) is 5.56 Å². The number of hydrogen-bond acceptors (Lipinski definition) is 3. The van der Waals surface area contributed by atoms with Gasteiger partial charge in [-0.15, -0.1) is 0 Å². The van der Waals surface area contributed by atoms with E-state index in [0.29, 0.717) is 17.9 Å². The van der Waals surface area contributed by atoms with Crippen LogP contribution >= 0.6 is 0 Å². The Morgan fingerprint density at radius 2 is 1.95 bits per heavy atom. The summed E-state index contributed by atoms with van der Waals surface area (Å²) >= 11 is 0. The van der Waals surface area contributed by atoms with E-state index in [9.17, 15) is 9.90 Å². The topological polar surface area (TPSA) is 62.2 Å². The van der Waals surface area contributed by atoms with Crippen LogP contribution in [0.1, 0.15) is 27.0 Å². The lowest BCUT2D eigenvalue weighted by molar-refractivity contribution is 0.0697. The number of rotatable bonds is 5. The van der Waals surface area contributed by atoms with Crippen LogP contribution in [0.25, 0.3) is 0 Å². The number of carboxylic acids is 1. The normalized spacial score (nSPS) is 10.3. The minimum atomic E-state index is -0.950. The van der Waals surface area contributed by atoms with Crippen LogP contribution in [-0.4, -0.2) is 22.6 Å². The number of nitrogens with one attached hydrogen (secondary N) is 1. The molecule has 20 heavy (non-hydrogen) atoms. The van der Waals surface area contributed by atoms with Crippen molar-refractivity contribution in [2.45, 2.75) is 20.3 Å². The van der Waals surface area contributed by atoms with Crippen molar-refractivity contribution in [3.8, 4) is 0 Å². The SMILES string of the molecule is Cc1ccccc1CCNc1nccc(C)c1C(=O)O. The van der Waals surface area contributed by atoms with Crippen molar-refractivity contribution in [1.29, 1.82) is 0 Å². The van der Waals surface area contributed by atoms with Gasteiger partial charge in [0.15, 0.2) is 0 Å². The lowest BCUT2D eigenvalue weighted by Gasteiger charge is -2.11. The second-order valence-corrected chi connectivity index (χ2v) is 4.76. The average Bonchev–Trinajstić information content (AvgIpc) is 2.40. The van der Waals surface area contributed by atoms with Crippen LogP contribution in [0.3, 0.4) is 0 Å². The zero-order valence-corrected chi connectivity index (χ0v) is 11.7. The largest absolute Gasteiger partial charge is 0.478 e. The first kappa shape index (κ1) is 14.1. The zero-order chi connectivity index (χ0) is 14.5. The standard InChI is InChI=1S/C16H18N2O2/c1-11-5-3-4-6-13(11)8-10-18-15-14(16(19)20)12(2)7-9-17-15/h3-7,9H,8,10H2,1-2H3,(H,17,18)(H,19,20). The molecule has 0 aliphatic carbocycles. The van der Waals surface area contributed by atoms with E-state index >= 15 is 0 Å². The third-order valence-corrected chi connectivity index (χ3v) is 3.32. The predicted molar refractivity (Wildman–Crippen MR) is 79.3 cm³/mol. The molecule has 0 bridgehead atoms. The van der Waals surface area contributed by atoms with Crippen molar-refractivity contribution in [1.82, 2.24) is 4.98 Å². The number of carbonyl (C=O) groups is 1. The van der Waals surface area contributed by atoms with E-state index in [1.54, 1.807) is 19.2 Å². The molecule has 2 aromatic rings. The van der Waals surface area contributed by atoms with Crippen molar-refractivity contribution in [2.24, 2.45) is 0 Å². The molecular formula is C16H18N2O2. The maximum absolute atomic E-state index is 11.2. The fraction of sp³-hybridized carbons (Fsp3) is 0.250. The highest BCUT2D eigenvalue weighted by Gasteiger charge is 2.13. The predicted octanol–water partition coefficient (Wildman–Crippen LogP) is 3.05. The van der Waals surface area contributed by atoms with Crippen LogP contribution in [0.15, 0.2) is 36.5 Å². The van der Waals surface area contributed by atoms with Gasteiger partial charge < -0.3 is 10.4 Å². The van der Waals surface area contributed by atoms with Crippen molar-refractivity contribution < 1.29 is 9.90 Å². The van der Waals surface area contributed by atoms with Gasteiger partial charge in [-0.2, -0.15) is 0 Å². The van der Waals surface area contributed by atoms with E-state index in [0.717, 1.165) is 6.42 Å². The molecule has 0 aliphatic heterocycles. The van der Waals surface area contributed by atoms with Crippen LogP contribution in [0.2, 0.25) is 0 Å². The Hall–Kier alpha value is -2.36. The number of carboxylic acid groups (broad SMARTS) is 1. The maximum atomic E-state index is 11.2. The Morgan fingerprint density at radius 1 is 1.20 bits per heavy atom. The number of nitrogens with zero attached hydrogens (tertiary/aromatic N) is 1. The van der Waals surface area contributed by atoms with E-state index in [2.05, 4.69) is 29.4 Å². The van der Waals surface area contributed by atoms with Crippen molar-refractivity contribution in [3.05, 3.63) is 58.8 Å². The van der Waals surface area contributed by atoms with E-state index in [1.165, 1.54) is 11.1 Å². The summed E-state index contributed by atoms with van der Waals surface area (Å²) in [5.74, 6) is -0.514. The molecule has 0 aliphatic rings. The third kappa shape index (κ3) is 3.15. The van der Waals surface area contributed by atoms with Crippen molar-refractivity contribution >= 4 is 11.8 Å². The maximum Gasteiger partial charge on any atom is 0.339 e. The minimum absolute atomic E-state index is 0.247. The van der Waals surface area contributed by atoms with Crippen LogP contribution < -0.4 is 5.32 Å². The van der Waals surface area contributed by atoms with Gasteiger partial charge in [0, 0.05) is 12.7 Å². The highest BCUT2D eigenvalue weighted by Crippen LogP contribution is 2.16. The van der Waals surface area contributed by atoms with Gasteiger partial charge in [0.1, 0.15) is 11.4 Å². The molecule has 2 N–H and O–H groups in total. The van der Waals surface area contributed by atoms with Gasteiger partial charge in [0.05, 0.1) is 0 Å². The summed E-state index contributed by atoms with van der Waals surface area (Å²) in [7, 11) is 0. The average molecular weight is 270 g/mol. The number of aromatic carboxylic acids is 1. The Balaban J connectivity index is 2.07. The first-order valence-electron chi connectivity index (χ1n) is 6.57. The van der Waals surface area contributed by atoms with Gasteiger partial charge in [-0.1, -0.05) is 24.3 Å². The first-order chi connectivity index (χ1) is 9.59. The highest BCUT2D eigenvalue weighted by molar-refractivity contribution is 5.94. The summed E-state index contributed by atoms with van der Waals surface area (Å²) in [5, 5.41) is 12.3. The third-order valence-electron chi connectivity index (χ3n) is 3.32. The van der Waals surface area contributed by atoms with Gasteiger partial charge in [0.25, 0.3) is 0 Å². The first-order valence-corrected chi connectivity index (χ1v) is 6.57. The molecule has 2 rings (SSSR count). The summed E-state index contributed by atoms with van der Waals surface area (Å²) in [6, 6.07) is 9.88. The molecule has 104 valence electrons. The van der Waals surface area contributed by atoms with Crippen LogP contribution in [0.4, 0.5) is 5.82 Å². The van der Waals surface area contributed by atoms with Gasteiger partial charge in [0.2, 0.25) is 0 Å². The lowest BCUT2D eigenvalue weighted by atomic mass is 10.1. The van der Waals surface area contributed by atoms with E-state index in [4.69, 9.17) is 0 Å². The molecule has 0 saturated carbocycles. The number of pyridine rings is 1. The fourth-order valence-electron chi connectivity index (χ4n) is 2.17. The van der Waals surface area contributed by atoms with Crippen molar-refractivity contribution in [2.75, 3.05) is 11.9 Å². The quantitative estimate of drug-likeness (QED) is 0.876. The monoisotopic (exact) mass is 270 g/mol. The molecule has 0 amide bonds. The highest BCUT2D eigenvalue weighted by atomic mass is 16.4. The number of hydrogen-bond donors (Lipinski definition) is 2. The van der Waals surface area contributed by atoms with Crippen molar-refractivity contribution in [3.63, 3.8) is 0 Å². The number of aromatic nitrogens is 1. The molecule has 0 radical (unpaired) electrons. The molecular weight excluding hydrogens is 252 g/mol. The molecule has 0 unspecified atom stereocenters. The Bertz CT molecular complexity index is 624. The molecule has 0 fully saturated rings. The summed E-state index contributed by atoms with van der Waals surface area (Å²) in [6.45, 7) is 4.50. The summed E-state index contributed by atoms with van der Waals surface area (Å²) in [6.07, 6.45) is 2.46. The Labute approximate surface area is 118 Å². The second kappa shape index (κ2) is 6.19. The molecule has 4 heteroatoms. The number of aryl methyl sites for hydroxylation is 2. The summed E-state index contributed by atoms with van der Waals surface area (Å²) in [5.41, 5.74) is 3.46. The second-order valence-electron chi connectivity index (χ2n) is 4.76. The summed E-state index contributed by atoms with van der Waals surface area (Å²) in [4.78, 5) is 15.4. The van der Waals surface area contributed by atoms with Crippen LogP contribution in [-0.2, 0) is 6.42 Å². The number of anilines is 1. The Kier molecular flexibility index (Phi) is 4.35. The number of benzene rings is 1. The molecule has 0 spiro atoms. The lowest BCUT2D eigenvalue weighted by Crippen LogP contribution is -2.12. The van der Waals surface area contributed by atoms with Crippen LogP contribution in [0.5, 0.6) is 0 Å². The van der Waals surface area contributed by atoms with Gasteiger partial charge in [-0.25, -0.2) is 9.78 Å². The molecule has 1 aromatic carbocycles. The molecule has 4 nitrogen and oxygen atoms in total. The van der Waals surface area contributed by atoms with E-state index in [1.807, 2.05) is 12.1 Å². The fourth-order valence-corrected chi connectivity index (χ4v) is 2.17. The minimum Gasteiger partial charge on any atom is -0.478 e. The molecule has 1 heterocycles. The summed E-state index contributed by atoms with van der Waals surface area (Å²) < 4.78 is 0. The molecule has 1 aromatic heterocycles. The smallest absolute Gasteiger partial charge is 0.339 e. The van der Waals surface area contributed by atoms with Crippen LogP contribution in [0, 0.1) is 13.8 Å². The van der Waals surface area contributed by atoms with Gasteiger partial charge in [-0.3, -0.25) is 0 Å². The zero-order valence-electron chi connectivity index (χ0n) is 11.7. The molecule has 0 atom stereocenters. The van der Waals surface area contributed by atoms with Gasteiger partial charge in [-0.05, 0) is 43.0 Å². The molecule has 0 saturated heterocycles.